The molecule has 22 heavy (non-hydrogen) atoms. The van der Waals surface area contributed by atoms with E-state index in [-0.39, 0.29) is 12.1 Å². The minimum atomic E-state index is -0.294. The van der Waals surface area contributed by atoms with Crippen molar-refractivity contribution in [1.29, 1.82) is 0 Å². The Morgan fingerprint density at radius 1 is 1.32 bits per heavy atom. The third-order valence-corrected chi connectivity index (χ3v) is 3.83. The van der Waals surface area contributed by atoms with Crippen molar-refractivity contribution in [2.45, 2.75) is 38.2 Å². The van der Waals surface area contributed by atoms with E-state index in [4.69, 9.17) is 15.2 Å². The summed E-state index contributed by atoms with van der Waals surface area (Å²) in [4.78, 5) is 14.2. The number of anilines is 1. The summed E-state index contributed by atoms with van der Waals surface area (Å²) in [6, 6.07) is 5.10. The van der Waals surface area contributed by atoms with Crippen molar-refractivity contribution in [3.8, 4) is 5.75 Å². The van der Waals surface area contributed by atoms with Crippen LogP contribution in [0.3, 0.4) is 0 Å². The van der Waals surface area contributed by atoms with Crippen LogP contribution in [-0.2, 0) is 4.74 Å². The molecule has 0 atom stereocenters. The molecule has 1 aromatic carbocycles. The highest BCUT2D eigenvalue weighted by Gasteiger charge is 2.20. The lowest BCUT2D eigenvalue weighted by molar-refractivity contribution is 0.0318. The molecule has 0 unspecified atom stereocenters. The Bertz CT molecular complexity index is 497. The second-order valence-electron chi connectivity index (χ2n) is 6.07. The van der Waals surface area contributed by atoms with E-state index in [1.54, 1.807) is 18.2 Å². The van der Waals surface area contributed by atoms with Crippen LogP contribution in [0.4, 0.5) is 5.69 Å². The number of carbonyl (C=O) groups is 1. The van der Waals surface area contributed by atoms with E-state index in [9.17, 15) is 4.79 Å². The highest BCUT2D eigenvalue weighted by atomic mass is 16.5. The summed E-state index contributed by atoms with van der Waals surface area (Å²) in [6.45, 7) is 1.57. The standard InChI is InChI=1S/C17H26N2O3/c1-19(2)10-5-11-21-16-9-8-13(12-15(16)18)17(20)22-14-6-3-4-7-14/h8-9,12,14H,3-7,10-11,18H2,1-2H3. The molecule has 1 aliphatic carbocycles. The Hall–Kier alpha value is -1.75. The van der Waals surface area contributed by atoms with Crippen molar-refractivity contribution < 1.29 is 14.3 Å². The van der Waals surface area contributed by atoms with Crippen molar-refractivity contribution in [2.24, 2.45) is 0 Å². The topological polar surface area (TPSA) is 64.8 Å². The molecule has 0 radical (unpaired) electrons. The number of ether oxygens (including phenoxy) is 2. The smallest absolute Gasteiger partial charge is 0.338 e. The summed E-state index contributed by atoms with van der Waals surface area (Å²) in [7, 11) is 4.05. The first-order valence-corrected chi connectivity index (χ1v) is 7.94. The predicted octanol–water partition coefficient (Wildman–Crippen LogP) is 2.70. The van der Waals surface area contributed by atoms with Gasteiger partial charge in [0, 0.05) is 6.54 Å². The average Bonchev–Trinajstić information content (AvgIpc) is 2.97. The van der Waals surface area contributed by atoms with Crippen LogP contribution in [0.1, 0.15) is 42.5 Å². The van der Waals surface area contributed by atoms with Crippen molar-refractivity contribution in [2.75, 3.05) is 33.0 Å². The van der Waals surface area contributed by atoms with Crippen LogP contribution >= 0.6 is 0 Å². The van der Waals surface area contributed by atoms with Gasteiger partial charge in [-0.1, -0.05) is 0 Å². The molecule has 0 aromatic heterocycles. The van der Waals surface area contributed by atoms with E-state index in [0.717, 1.165) is 38.6 Å². The average molecular weight is 306 g/mol. The van der Waals surface area contributed by atoms with E-state index in [0.29, 0.717) is 23.6 Å². The van der Waals surface area contributed by atoms with Gasteiger partial charge >= 0.3 is 5.97 Å². The zero-order chi connectivity index (χ0) is 15.9. The summed E-state index contributed by atoms with van der Waals surface area (Å²) < 4.78 is 11.1. The van der Waals surface area contributed by atoms with Gasteiger partial charge in [0.1, 0.15) is 11.9 Å². The number of hydrogen-bond acceptors (Lipinski definition) is 5. The van der Waals surface area contributed by atoms with Crippen LogP contribution in [0.15, 0.2) is 18.2 Å². The van der Waals surface area contributed by atoms with Crippen molar-refractivity contribution in [3.63, 3.8) is 0 Å². The number of nitrogen functional groups attached to an aromatic ring is 1. The second-order valence-corrected chi connectivity index (χ2v) is 6.07. The third kappa shape index (κ3) is 4.91. The van der Waals surface area contributed by atoms with Crippen LogP contribution in [0.25, 0.3) is 0 Å². The molecule has 5 nitrogen and oxygen atoms in total. The third-order valence-electron chi connectivity index (χ3n) is 3.83. The van der Waals surface area contributed by atoms with Crippen LogP contribution in [0.5, 0.6) is 5.75 Å². The van der Waals surface area contributed by atoms with Crippen molar-refractivity contribution in [1.82, 2.24) is 4.90 Å². The van der Waals surface area contributed by atoms with Crippen LogP contribution in [0, 0.1) is 0 Å². The second kappa shape index (κ2) is 8.03. The molecule has 0 heterocycles. The Labute approximate surface area is 132 Å². The number of nitrogens with zero attached hydrogens (tertiary/aromatic N) is 1. The van der Waals surface area contributed by atoms with Crippen LogP contribution in [0.2, 0.25) is 0 Å². The molecule has 0 saturated heterocycles. The van der Waals surface area contributed by atoms with Gasteiger partial charge in [-0.3, -0.25) is 0 Å². The molecule has 2 N–H and O–H groups in total. The minimum Gasteiger partial charge on any atom is -0.491 e. The van der Waals surface area contributed by atoms with E-state index >= 15 is 0 Å². The number of hydrogen-bond donors (Lipinski definition) is 1. The molecule has 1 aliphatic rings. The van der Waals surface area contributed by atoms with Gasteiger partial charge in [-0.05, 0) is 64.4 Å². The SMILES string of the molecule is CN(C)CCCOc1ccc(C(=O)OC2CCCC2)cc1N. The quantitative estimate of drug-likeness (QED) is 0.477. The van der Waals surface area contributed by atoms with Crippen LogP contribution in [-0.4, -0.2) is 44.2 Å². The number of carbonyl (C=O) groups excluding carboxylic acids is 1. The molecule has 1 aromatic rings. The molecule has 0 aliphatic heterocycles. The highest BCUT2D eigenvalue weighted by molar-refractivity contribution is 5.91. The molecule has 0 amide bonds. The molecule has 0 spiro atoms. The van der Waals surface area contributed by atoms with Gasteiger partial charge in [0.2, 0.25) is 0 Å². The fourth-order valence-corrected chi connectivity index (χ4v) is 2.60. The zero-order valence-corrected chi connectivity index (χ0v) is 13.5. The molecule has 5 heteroatoms. The lowest BCUT2D eigenvalue weighted by Gasteiger charge is -2.14. The number of nitrogens with two attached hydrogens (primary N) is 1. The predicted molar refractivity (Wildman–Crippen MR) is 87.2 cm³/mol. The first-order chi connectivity index (χ1) is 10.6. The maximum Gasteiger partial charge on any atom is 0.338 e. The van der Waals surface area contributed by atoms with E-state index in [2.05, 4.69) is 4.90 Å². The Kier molecular flexibility index (Phi) is 6.07. The van der Waals surface area contributed by atoms with Gasteiger partial charge in [0.15, 0.2) is 0 Å². The van der Waals surface area contributed by atoms with Crippen molar-refractivity contribution >= 4 is 11.7 Å². The first-order valence-electron chi connectivity index (χ1n) is 7.94. The van der Waals surface area contributed by atoms with E-state index in [1.165, 1.54) is 0 Å². The summed E-state index contributed by atoms with van der Waals surface area (Å²) in [5.41, 5.74) is 6.93. The Balaban J connectivity index is 1.86. The molecule has 1 fully saturated rings. The maximum atomic E-state index is 12.1. The Morgan fingerprint density at radius 3 is 2.68 bits per heavy atom. The van der Waals surface area contributed by atoms with Gasteiger partial charge in [0.05, 0.1) is 17.9 Å². The van der Waals surface area contributed by atoms with Gasteiger partial charge in [-0.25, -0.2) is 4.79 Å². The van der Waals surface area contributed by atoms with Crippen LogP contribution < -0.4 is 10.5 Å². The number of esters is 1. The molecular formula is C17H26N2O3. The van der Waals surface area contributed by atoms with Crippen molar-refractivity contribution in [3.05, 3.63) is 23.8 Å². The van der Waals surface area contributed by atoms with Gasteiger partial charge in [-0.2, -0.15) is 0 Å². The summed E-state index contributed by atoms with van der Waals surface area (Å²) >= 11 is 0. The number of rotatable bonds is 7. The largest absolute Gasteiger partial charge is 0.491 e. The lowest BCUT2D eigenvalue weighted by atomic mass is 10.2. The molecular weight excluding hydrogens is 280 g/mol. The fraction of sp³-hybridized carbons (Fsp3) is 0.588. The lowest BCUT2D eigenvalue weighted by Crippen LogP contribution is -2.16. The zero-order valence-electron chi connectivity index (χ0n) is 13.5. The van der Waals surface area contributed by atoms with Gasteiger partial charge < -0.3 is 20.1 Å². The molecule has 1 saturated carbocycles. The maximum absolute atomic E-state index is 12.1. The minimum absolute atomic E-state index is 0.0654. The first kappa shape index (κ1) is 16.6. The Morgan fingerprint density at radius 2 is 2.05 bits per heavy atom. The normalized spacial score (nSPS) is 15.2. The monoisotopic (exact) mass is 306 g/mol. The summed E-state index contributed by atoms with van der Waals surface area (Å²) in [5.74, 6) is 0.328. The van der Waals surface area contributed by atoms with E-state index in [1.807, 2.05) is 14.1 Å². The van der Waals surface area contributed by atoms with Gasteiger partial charge in [0.25, 0.3) is 0 Å². The molecule has 122 valence electrons. The molecule has 0 bridgehead atoms. The van der Waals surface area contributed by atoms with Gasteiger partial charge in [-0.15, -0.1) is 0 Å². The number of benzene rings is 1. The summed E-state index contributed by atoms with van der Waals surface area (Å²) in [6.07, 6.45) is 5.20. The molecule has 2 rings (SSSR count). The highest BCUT2D eigenvalue weighted by Crippen LogP contribution is 2.25. The van der Waals surface area contributed by atoms with E-state index < -0.39 is 0 Å². The fourth-order valence-electron chi connectivity index (χ4n) is 2.60. The summed E-state index contributed by atoms with van der Waals surface area (Å²) in [5, 5.41) is 0.